The molecule has 0 unspecified atom stereocenters. The molecular weight excluding hydrogens is 507 g/mol. The summed E-state index contributed by atoms with van der Waals surface area (Å²) in [5, 5.41) is 4.43. The van der Waals surface area contributed by atoms with Crippen LogP contribution in [0, 0.1) is 0 Å². The summed E-state index contributed by atoms with van der Waals surface area (Å²) in [7, 11) is -0.394. The third-order valence-corrected chi connectivity index (χ3v) is 8.94. The summed E-state index contributed by atoms with van der Waals surface area (Å²) in [4.78, 5) is 0. The predicted molar refractivity (Wildman–Crippen MR) is 168 cm³/mol. The van der Waals surface area contributed by atoms with E-state index in [0.29, 0.717) is 0 Å². The van der Waals surface area contributed by atoms with Crippen molar-refractivity contribution >= 4 is 56.5 Å². The van der Waals surface area contributed by atoms with Crippen molar-refractivity contribution in [2.45, 2.75) is 38.9 Å². The van der Waals surface area contributed by atoms with Crippen molar-refractivity contribution in [2.24, 2.45) is 0 Å². The van der Waals surface area contributed by atoms with Crippen molar-refractivity contribution in [1.29, 1.82) is 0 Å². The number of furan rings is 2. The summed E-state index contributed by atoms with van der Waals surface area (Å²) < 4.78 is 25.3. The molecule has 0 radical (unpaired) electrons. The Morgan fingerprint density at radius 3 is 1.71 bits per heavy atom. The van der Waals surface area contributed by atoms with Gasteiger partial charge in [-0.2, -0.15) is 0 Å². The maximum absolute atomic E-state index is 6.45. The van der Waals surface area contributed by atoms with Crippen LogP contribution in [0.3, 0.4) is 0 Å². The van der Waals surface area contributed by atoms with Crippen molar-refractivity contribution in [3.05, 3.63) is 103 Å². The first-order valence-corrected chi connectivity index (χ1v) is 14.1. The van der Waals surface area contributed by atoms with Gasteiger partial charge in [0.2, 0.25) is 0 Å². The van der Waals surface area contributed by atoms with Gasteiger partial charge in [-0.05, 0) is 85.7 Å². The molecule has 200 valence electrons. The molecule has 0 N–H and O–H groups in total. The SMILES string of the molecule is CC1(C)OB(c2ccc(-c3cc(-c4cccc5oc6ccccc6c45)c4c(c3)oc3ccccc34)cc2)OC1(C)C. The maximum Gasteiger partial charge on any atom is 0.494 e. The Morgan fingerprint density at radius 1 is 0.488 bits per heavy atom. The van der Waals surface area contributed by atoms with Gasteiger partial charge in [-0.25, -0.2) is 0 Å². The Hall–Kier alpha value is -4.32. The fourth-order valence-corrected chi connectivity index (χ4v) is 6.04. The Labute approximate surface area is 238 Å². The molecule has 2 aromatic heterocycles. The zero-order valence-corrected chi connectivity index (χ0v) is 23.5. The van der Waals surface area contributed by atoms with Crippen LogP contribution < -0.4 is 5.46 Å². The van der Waals surface area contributed by atoms with Crippen LogP contribution in [0.15, 0.2) is 112 Å². The smallest absolute Gasteiger partial charge is 0.456 e. The van der Waals surface area contributed by atoms with Crippen LogP contribution in [0.4, 0.5) is 0 Å². The van der Waals surface area contributed by atoms with Gasteiger partial charge >= 0.3 is 7.12 Å². The minimum atomic E-state index is -0.394. The first kappa shape index (κ1) is 24.5. The Kier molecular flexibility index (Phi) is 5.13. The molecule has 5 aromatic carbocycles. The number of fused-ring (bicyclic) bond motifs is 6. The molecule has 0 spiro atoms. The van der Waals surface area contributed by atoms with E-state index in [9.17, 15) is 0 Å². The number of hydrogen-bond acceptors (Lipinski definition) is 4. The van der Waals surface area contributed by atoms with E-state index in [2.05, 4.69) is 100 Å². The van der Waals surface area contributed by atoms with Crippen molar-refractivity contribution < 1.29 is 18.1 Å². The Balaban J connectivity index is 1.32. The zero-order valence-electron chi connectivity index (χ0n) is 23.5. The number of benzene rings is 5. The molecule has 3 heterocycles. The molecule has 4 nitrogen and oxygen atoms in total. The lowest BCUT2D eigenvalue weighted by Crippen LogP contribution is -2.41. The van der Waals surface area contributed by atoms with Crippen LogP contribution in [0.25, 0.3) is 66.1 Å². The van der Waals surface area contributed by atoms with Gasteiger partial charge in [0.05, 0.1) is 11.2 Å². The van der Waals surface area contributed by atoms with Gasteiger partial charge in [0.25, 0.3) is 0 Å². The van der Waals surface area contributed by atoms with Crippen LogP contribution in [-0.2, 0) is 9.31 Å². The lowest BCUT2D eigenvalue weighted by Gasteiger charge is -2.32. The van der Waals surface area contributed by atoms with Gasteiger partial charge in [-0.15, -0.1) is 0 Å². The average Bonchev–Trinajstić information content (AvgIpc) is 3.60. The largest absolute Gasteiger partial charge is 0.494 e. The molecule has 0 saturated carbocycles. The minimum absolute atomic E-state index is 0.379. The standard InChI is InChI=1S/C36H29BO4/c1-35(2)36(3,4)41-37(40-35)24-18-16-22(17-19-24)23-20-28(34-27-11-6-8-14-30(27)39-32(34)21-23)25-12-9-15-31-33(25)26-10-5-7-13-29(26)38-31/h5-21H,1-4H3. The highest BCUT2D eigenvalue weighted by Crippen LogP contribution is 2.44. The maximum atomic E-state index is 6.45. The normalized spacial score (nSPS) is 16.4. The van der Waals surface area contributed by atoms with Gasteiger partial charge in [0.1, 0.15) is 22.3 Å². The monoisotopic (exact) mass is 536 g/mol. The van der Waals surface area contributed by atoms with Crippen molar-refractivity contribution in [2.75, 3.05) is 0 Å². The van der Waals surface area contributed by atoms with E-state index >= 15 is 0 Å². The van der Waals surface area contributed by atoms with Crippen molar-refractivity contribution in [3.8, 4) is 22.3 Å². The predicted octanol–water partition coefficient (Wildman–Crippen LogP) is 9.12. The Bertz CT molecular complexity index is 2100. The molecule has 8 rings (SSSR count). The highest BCUT2D eigenvalue weighted by Gasteiger charge is 2.51. The lowest BCUT2D eigenvalue weighted by molar-refractivity contribution is 0.00578. The van der Waals surface area contributed by atoms with Crippen LogP contribution in [-0.4, -0.2) is 18.3 Å². The minimum Gasteiger partial charge on any atom is -0.456 e. The molecule has 1 saturated heterocycles. The van der Waals surface area contributed by atoms with Crippen LogP contribution in [0.1, 0.15) is 27.7 Å². The second kappa shape index (κ2) is 8.59. The third-order valence-electron chi connectivity index (χ3n) is 8.94. The zero-order chi connectivity index (χ0) is 27.9. The molecule has 41 heavy (non-hydrogen) atoms. The Morgan fingerprint density at radius 2 is 1.05 bits per heavy atom. The molecule has 0 amide bonds. The van der Waals surface area contributed by atoms with E-state index < -0.39 is 7.12 Å². The second-order valence-corrected chi connectivity index (χ2v) is 12.0. The number of rotatable bonds is 3. The molecular formula is C36H29BO4. The fourth-order valence-electron chi connectivity index (χ4n) is 6.04. The van der Waals surface area contributed by atoms with Gasteiger partial charge in [-0.1, -0.05) is 72.8 Å². The van der Waals surface area contributed by atoms with E-state index in [1.54, 1.807) is 0 Å². The number of para-hydroxylation sites is 2. The topological polar surface area (TPSA) is 44.7 Å². The summed E-state index contributed by atoms with van der Waals surface area (Å²) in [6, 6.07) is 35.7. The summed E-state index contributed by atoms with van der Waals surface area (Å²) in [6.45, 7) is 8.31. The highest BCUT2D eigenvalue weighted by molar-refractivity contribution is 6.62. The van der Waals surface area contributed by atoms with Gasteiger partial charge in [0, 0.05) is 21.5 Å². The van der Waals surface area contributed by atoms with E-state index in [0.717, 1.165) is 71.6 Å². The average molecular weight is 536 g/mol. The van der Waals surface area contributed by atoms with Crippen molar-refractivity contribution in [3.63, 3.8) is 0 Å². The molecule has 0 aliphatic carbocycles. The second-order valence-electron chi connectivity index (χ2n) is 12.0. The first-order chi connectivity index (χ1) is 19.8. The van der Waals surface area contributed by atoms with E-state index in [1.165, 1.54) is 0 Å². The van der Waals surface area contributed by atoms with E-state index in [4.69, 9.17) is 18.1 Å². The third kappa shape index (κ3) is 3.69. The van der Waals surface area contributed by atoms with Gasteiger partial charge in [-0.3, -0.25) is 0 Å². The van der Waals surface area contributed by atoms with Crippen LogP contribution in [0.2, 0.25) is 0 Å². The molecule has 0 bridgehead atoms. The summed E-state index contributed by atoms with van der Waals surface area (Å²) >= 11 is 0. The molecule has 7 aromatic rings. The first-order valence-electron chi connectivity index (χ1n) is 14.1. The molecule has 1 fully saturated rings. The lowest BCUT2D eigenvalue weighted by atomic mass is 9.78. The molecule has 1 aliphatic heterocycles. The van der Waals surface area contributed by atoms with E-state index in [1.807, 2.05) is 30.3 Å². The van der Waals surface area contributed by atoms with Crippen LogP contribution >= 0.6 is 0 Å². The molecule has 1 aliphatic rings. The van der Waals surface area contributed by atoms with Crippen LogP contribution in [0.5, 0.6) is 0 Å². The molecule has 5 heteroatoms. The van der Waals surface area contributed by atoms with Gasteiger partial charge in [0.15, 0.2) is 0 Å². The number of hydrogen-bond donors (Lipinski definition) is 0. The summed E-state index contributed by atoms with van der Waals surface area (Å²) in [5.74, 6) is 0. The fraction of sp³-hybridized carbons (Fsp3) is 0.167. The molecule has 0 atom stereocenters. The quantitative estimate of drug-likeness (QED) is 0.211. The van der Waals surface area contributed by atoms with Gasteiger partial charge < -0.3 is 18.1 Å². The van der Waals surface area contributed by atoms with Crippen molar-refractivity contribution in [1.82, 2.24) is 0 Å². The van der Waals surface area contributed by atoms with E-state index in [-0.39, 0.29) is 11.2 Å². The highest BCUT2D eigenvalue weighted by atomic mass is 16.7. The summed E-state index contributed by atoms with van der Waals surface area (Å²) in [6.07, 6.45) is 0. The summed E-state index contributed by atoms with van der Waals surface area (Å²) in [5.41, 5.74) is 8.17.